The molecule has 0 aliphatic heterocycles. The molecule has 0 amide bonds. The van der Waals surface area contributed by atoms with E-state index < -0.39 is 0 Å². The van der Waals surface area contributed by atoms with Crippen LogP contribution in [0.3, 0.4) is 0 Å². The Bertz CT molecular complexity index is 610. The lowest BCUT2D eigenvalue weighted by Gasteiger charge is -2.00. The molecular weight excluding hydrogens is 218 g/mol. The zero-order valence-electron chi connectivity index (χ0n) is 8.92. The molecule has 4 heteroatoms. The van der Waals surface area contributed by atoms with Crippen molar-refractivity contribution in [2.45, 2.75) is 13.3 Å². The Labute approximate surface area is 97.4 Å². The van der Waals surface area contributed by atoms with Crippen LogP contribution in [0.2, 0.25) is 0 Å². The van der Waals surface area contributed by atoms with Gasteiger partial charge in [0.1, 0.15) is 5.82 Å². The van der Waals surface area contributed by atoms with Crippen molar-refractivity contribution in [1.82, 2.24) is 14.6 Å². The van der Waals surface area contributed by atoms with Crippen molar-refractivity contribution in [2.75, 3.05) is 0 Å². The fraction of sp³-hybridized carbons (Fsp3) is 0.167. The van der Waals surface area contributed by atoms with E-state index in [1.807, 2.05) is 6.07 Å². The van der Waals surface area contributed by atoms with Gasteiger partial charge in [0.15, 0.2) is 0 Å². The average molecular weight is 229 g/mol. The van der Waals surface area contributed by atoms with Crippen LogP contribution in [0.15, 0.2) is 35.7 Å². The van der Waals surface area contributed by atoms with Gasteiger partial charge in [0.25, 0.3) is 0 Å². The fourth-order valence-corrected chi connectivity index (χ4v) is 2.67. The summed E-state index contributed by atoms with van der Waals surface area (Å²) in [6, 6.07) is 10.4. The van der Waals surface area contributed by atoms with Crippen molar-refractivity contribution in [3.05, 3.63) is 41.5 Å². The molecule has 3 nitrogen and oxygen atoms in total. The number of hydrogen-bond donors (Lipinski definition) is 0. The van der Waals surface area contributed by atoms with E-state index in [2.05, 4.69) is 51.2 Å². The lowest BCUT2D eigenvalue weighted by molar-refractivity contribution is 0.914. The van der Waals surface area contributed by atoms with E-state index in [9.17, 15) is 0 Å². The Balaban J connectivity index is 2.28. The first-order valence-electron chi connectivity index (χ1n) is 5.27. The minimum Gasteiger partial charge on any atom is -0.269 e. The monoisotopic (exact) mass is 229 g/mol. The fourth-order valence-electron chi connectivity index (χ4n) is 1.81. The molecule has 0 spiro atoms. The molecule has 0 saturated heterocycles. The smallest absolute Gasteiger partial charge is 0.216 e. The van der Waals surface area contributed by atoms with Gasteiger partial charge >= 0.3 is 0 Å². The van der Waals surface area contributed by atoms with Crippen LogP contribution in [0.1, 0.15) is 12.7 Å². The number of aromatic nitrogens is 3. The Kier molecular flexibility index (Phi) is 2.22. The van der Waals surface area contributed by atoms with Crippen LogP contribution in [0.5, 0.6) is 0 Å². The van der Waals surface area contributed by atoms with Gasteiger partial charge in [-0.05, 0) is 5.56 Å². The molecule has 3 rings (SSSR count). The van der Waals surface area contributed by atoms with Crippen molar-refractivity contribution in [2.24, 2.45) is 0 Å². The lowest BCUT2D eigenvalue weighted by Crippen LogP contribution is -1.93. The van der Waals surface area contributed by atoms with Gasteiger partial charge < -0.3 is 0 Å². The third kappa shape index (κ3) is 1.34. The van der Waals surface area contributed by atoms with E-state index >= 15 is 0 Å². The molecule has 0 atom stereocenters. The predicted octanol–water partition coefficient (Wildman–Crippen LogP) is 3.02. The van der Waals surface area contributed by atoms with E-state index in [1.54, 1.807) is 11.3 Å². The van der Waals surface area contributed by atoms with Crippen molar-refractivity contribution >= 4 is 16.3 Å². The highest BCUT2D eigenvalue weighted by Gasteiger charge is 2.11. The van der Waals surface area contributed by atoms with E-state index in [0.717, 1.165) is 17.2 Å². The van der Waals surface area contributed by atoms with Crippen LogP contribution in [0, 0.1) is 0 Å². The van der Waals surface area contributed by atoms with Crippen LogP contribution >= 0.6 is 11.3 Å². The molecule has 80 valence electrons. The summed E-state index contributed by atoms with van der Waals surface area (Å²) >= 11 is 1.63. The minimum atomic E-state index is 0.901. The SMILES string of the molecule is CCc1nnc2scc(-c3ccccc3)n12. The number of aryl methyl sites for hydroxylation is 1. The molecule has 1 aromatic carbocycles. The molecule has 0 unspecified atom stereocenters. The Morgan fingerprint density at radius 3 is 2.75 bits per heavy atom. The summed E-state index contributed by atoms with van der Waals surface area (Å²) in [5.41, 5.74) is 2.39. The standard InChI is InChI=1S/C12H11N3S/c1-2-11-13-14-12-15(11)10(8-16-12)9-6-4-3-5-7-9/h3-8H,2H2,1H3. The van der Waals surface area contributed by atoms with Crippen LogP contribution < -0.4 is 0 Å². The van der Waals surface area contributed by atoms with Crippen molar-refractivity contribution in [1.29, 1.82) is 0 Å². The molecule has 0 saturated carbocycles. The first kappa shape index (κ1) is 9.54. The first-order valence-corrected chi connectivity index (χ1v) is 6.15. The Morgan fingerprint density at radius 2 is 2.00 bits per heavy atom. The van der Waals surface area contributed by atoms with Crippen molar-refractivity contribution in [3.8, 4) is 11.3 Å². The zero-order valence-corrected chi connectivity index (χ0v) is 9.74. The third-order valence-electron chi connectivity index (χ3n) is 2.60. The minimum absolute atomic E-state index is 0.901. The number of nitrogens with zero attached hydrogens (tertiary/aromatic N) is 3. The summed E-state index contributed by atoms with van der Waals surface area (Å²) in [6.07, 6.45) is 0.901. The van der Waals surface area contributed by atoms with Crippen LogP contribution in [0.25, 0.3) is 16.2 Å². The van der Waals surface area contributed by atoms with E-state index in [-0.39, 0.29) is 0 Å². The molecule has 0 fully saturated rings. The maximum Gasteiger partial charge on any atom is 0.216 e. The average Bonchev–Trinajstić information content (AvgIpc) is 2.90. The van der Waals surface area contributed by atoms with Crippen LogP contribution in [-0.4, -0.2) is 14.6 Å². The Hall–Kier alpha value is -1.68. The first-order chi connectivity index (χ1) is 7.90. The molecule has 16 heavy (non-hydrogen) atoms. The van der Waals surface area contributed by atoms with Gasteiger partial charge in [-0.15, -0.1) is 21.5 Å². The molecule has 2 aromatic heterocycles. The van der Waals surface area contributed by atoms with Gasteiger partial charge in [0.2, 0.25) is 4.96 Å². The second-order valence-electron chi connectivity index (χ2n) is 3.57. The molecule has 0 radical (unpaired) electrons. The highest BCUT2D eigenvalue weighted by Crippen LogP contribution is 2.26. The van der Waals surface area contributed by atoms with Gasteiger partial charge in [0.05, 0.1) is 5.69 Å². The summed E-state index contributed by atoms with van der Waals surface area (Å²) in [5.74, 6) is 1.02. The Morgan fingerprint density at radius 1 is 1.19 bits per heavy atom. The maximum absolute atomic E-state index is 4.18. The summed E-state index contributed by atoms with van der Waals surface area (Å²) in [7, 11) is 0. The van der Waals surface area contributed by atoms with Crippen molar-refractivity contribution < 1.29 is 0 Å². The van der Waals surface area contributed by atoms with Gasteiger partial charge in [-0.25, -0.2) is 0 Å². The molecule has 0 N–H and O–H groups in total. The van der Waals surface area contributed by atoms with Gasteiger partial charge in [-0.2, -0.15) is 0 Å². The second-order valence-corrected chi connectivity index (χ2v) is 4.41. The second kappa shape index (κ2) is 3.72. The largest absolute Gasteiger partial charge is 0.269 e. The number of rotatable bonds is 2. The summed E-state index contributed by atoms with van der Waals surface area (Å²) in [5, 5.41) is 10.5. The van der Waals surface area contributed by atoms with E-state index in [4.69, 9.17) is 0 Å². The summed E-state index contributed by atoms with van der Waals surface area (Å²) < 4.78 is 2.14. The number of fused-ring (bicyclic) bond motifs is 1. The van der Waals surface area contributed by atoms with Gasteiger partial charge in [-0.3, -0.25) is 4.40 Å². The molecule has 0 aliphatic carbocycles. The van der Waals surface area contributed by atoms with E-state index in [1.165, 1.54) is 11.3 Å². The molecule has 2 heterocycles. The highest BCUT2D eigenvalue weighted by atomic mass is 32.1. The maximum atomic E-state index is 4.18. The molecule has 0 bridgehead atoms. The topological polar surface area (TPSA) is 30.2 Å². The quantitative estimate of drug-likeness (QED) is 0.676. The highest BCUT2D eigenvalue weighted by molar-refractivity contribution is 7.15. The number of hydrogen-bond acceptors (Lipinski definition) is 3. The van der Waals surface area contributed by atoms with Gasteiger partial charge in [-0.1, -0.05) is 37.3 Å². The van der Waals surface area contributed by atoms with Crippen molar-refractivity contribution in [3.63, 3.8) is 0 Å². The molecule has 3 aromatic rings. The van der Waals surface area contributed by atoms with Crippen LogP contribution in [-0.2, 0) is 6.42 Å². The van der Waals surface area contributed by atoms with Crippen LogP contribution in [0.4, 0.5) is 0 Å². The molecule has 0 aliphatic rings. The predicted molar refractivity (Wildman–Crippen MR) is 65.7 cm³/mol. The normalized spacial score (nSPS) is 11.1. The summed E-state index contributed by atoms with van der Waals surface area (Å²) in [6.45, 7) is 2.10. The lowest BCUT2D eigenvalue weighted by atomic mass is 10.2. The zero-order chi connectivity index (χ0) is 11.0. The van der Waals surface area contributed by atoms with E-state index in [0.29, 0.717) is 0 Å². The third-order valence-corrected chi connectivity index (χ3v) is 3.42. The molecular formula is C12H11N3S. The number of thiazole rings is 1. The summed E-state index contributed by atoms with van der Waals surface area (Å²) in [4.78, 5) is 0.968. The van der Waals surface area contributed by atoms with Gasteiger partial charge in [0, 0.05) is 11.8 Å². The number of benzene rings is 1.